The van der Waals surface area contributed by atoms with Gasteiger partial charge in [-0.25, -0.2) is 0 Å². The Morgan fingerprint density at radius 2 is 1.85 bits per heavy atom. The normalized spacial score (nSPS) is 21.7. The Hall–Kier alpha value is -0.150. The van der Waals surface area contributed by atoms with Crippen LogP contribution in [0.25, 0.3) is 0 Å². The zero-order chi connectivity index (χ0) is 10.3. The third-order valence-electron chi connectivity index (χ3n) is 1.90. The van der Waals surface area contributed by atoms with Crippen molar-refractivity contribution in [1.29, 1.82) is 0 Å². The number of thiocarbonyl (C=S) groups is 1. The highest BCUT2D eigenvalue weighted by atomic mass is 32.1. The maximum Gasteiger partial charge on any atom is 0.0766 e. The van der Waals surface area contributed by atoms with Crippen molar-refractivity contribution in [2.24, 2.45) is 5.41 Å². The Morgan fingerprint density at radius 3 is 2.46 bits per heavy atom. The number of hydrogen-bond donors (Lipinski definition) is 2. The second-order valence-corrected chi connectivity index (χ2v) is 4.36. The van der Waals surface area contributed by atoms with Crippen molar-refractivity contribution in [1.82, 2.24) is 10.6 Å². The molecule has 0 aromatic rings. The molecule has 1 saturated heterocycles. The van der Waals surface area contributed by atoms with E-state index in [1.165, 1.54) is 0 Å². The third-order valence-corrected chi connectivity index (χ3v) is 2.24. The molecule has 0 aromatic heterocycles. The van der Waals surface area contributed by atoms with Crippen molar-refractivity contribution in [3.05, 3.63) is 0 Å². The second-order valence-electron chi connectivity index (χ2n) is 3.87. The van der Waals surface area contributed by atoms with Crippen LogP contribution in [0.15, 0.2) is 0 Å². The maximum absolute atomic E-state index is 5.10. The Labute approximate surface area is 87.5 Å². The van der Waals surface area contributed by atoms with Crippen LogP contribution in [0.1, 0.15) is 34.1 Å². The van der Waals surface area contributed by atoms with Crippen LogP contribution in [0.4, 0.5) is 0 Å². The van der Waals surface area contributed by atoms with Crippen molar-refractivity contribution in [3.63, 3.8) is 0 Å². The molecule has 78 valence electrons. The van der Waals surface area contributed by atoms with Crippen LogP contribution in [-0.2, 0) is 0 Å². The zero-order valence-electron chi connectivity index (χ0n) is 9.24. The molecule has 0 spiro atoms. The first-order valence-electron chi connectivity index (χ1n) is 5.08. The predicted molar refractivity (Wildman–Crippen MR) is 63.2 cm³/mol. The SMILES string of the molecule is CC.CC1(C)CNCCC(=S)NC1. The van der Waals surface area contributed by atoms with E-state index in [2.05, 4.69) is 24.5 Å². The number of hydrogen-bond acceptors (Lipinski definition) is 2. The molecule has 1 rings (SSSR count). The van der Waals surface area contributed by atoms with Gasteiger partial charge in [0.25, 0.3) is 0 Å². The van der Waals surface area contributed by atoms with Gasteiger partial charge in [0.1, 0.15) is 0 Å². The van der Waals surface area contributed by atoms with Gasteiger partial charge in [-0.2, -0.15) is 0 Å². The lowest BCUT2D eigenvalue weighted by molar-refractivity contribution is 0.334. The standard InChI is InChI=1S/C8H16N2S.C2H6/c1-8(2)5-9-4-3-7(11)10-6-8;1-2/h9H,3-6H2,1-2H3,(H,10,11);1-2H3. The molecule has 2 N–H and O–H groups in total. The molecular formula is C10H22N2S. The first-order valence-corrected chi connectivity index (χ1v) is 5.48. The molecule has 0 aliphatic carbocycles. The monoisotopic (exact) mass is 202 g/mol. The Morgan fingerprint density at radius 1 is 1.23 bits per heavy atom. The fraction of sp³-hybridized carbons (Fsp3) is 0.900. The molecule has 13 heavy (non-hydrogen) atoms. The molecule has 0 unspecified atom stereocenters. The van der Waals surface area contributed by atoms with Crippen LogP contribution >= 0.6 is 12.2 Å². The first-order chi connectivity index (χ1) is 6.10. The average Bonchev–Trinajstić information content (AvgIpc) is 2.11. The second kappa shape index (κ2) is 6.33. The van der Waals surface area contributed by atoms with Gasteiger partial charge in [0, 0.05) is 26.1 Å². The smallest absolute Gasteiger partial charge is 0.0766 e. The molecule has 2 nitrogen and oxygen atoms in total. The molecule has 1 heterocycles. The summed E-state index contributed by atoms with van der Waals surface area (Å²) >= 11 is 5.10. The lowest BCUT2D eigenvalue weighted by Crippen LogP contribution is -2.43. The lowest BCUT2D eigenvalue weighted by Gasteiger charge is -2.28. The van der Waals surface area contributed by atoms with Gasteiger partial charge < -0.3 is 10.6 Å². The van der Waals surface area contributed by atoms with Gasteiger partial charge in [0.05, 0.1) is 4.99 Å². The van der Waals surface area contributed by atoms with E-state index < -0.39 is 0 Å². The molecule has 0 bridgehead atoms. The van der Waals surface area contributed by atoms with Crippen LogP contribution < -0.4 is 10.6 Å². The Balaban J connectivity index is 0.000000671. The lowest BCUT2D eigenvalue weighted by atomic mass is 9.93. The largest absolute Gasteiger partial charge is 0.379 e. The van der Waals surface area contributed by atoms with Gasteiger partial charge in [-0.3, -0.25) is 0 Å². The summed E-state index contributed by atoms with van der Waals surface area (Å²) in [6.45, 7) is 11.5. The van der Waals surface area contributed by atoms with Gasteiger partial charge >= 0.3 is 0 Å². The molecule has 0 atom stereocenters. The first kappa shape index (κ1) is 12.8. The van der Waals surface area contributed by atoms with E-state index in [0.29, 0.717) is 5.41 Å². The summed E-state index contributed by atoms with van der Waals surface area (Å²) in [4.78, 5) is 0.991. The number of rotatable bonds is 0. The molecule has 3 heteroatoms. The fourth-order valence-electron chi connectivity index (χ4n) is 1.12. The molecular weight excluding hydrogens is 180 g/mol. The third kappa shape index (κ3) is 5.99. The summed E-state index contributed by atoms with van der Waals surface area (Å²) in [5, 5.41) is 6.65. The van der Waals surface area contributed by atoms with E-state index in [-0.39, 0.29) is 0 Å². The van der Waals surface area contributed by atoms with E-state index in [1.54, 1.807) is 0 Å². The fourth-order valence-corrected chi connectivity index (χ4v) is 1.29. The summed E-state index contributed by atoms with van der Waals surface area (Å²) < 4.78 is 0. The van der Waals surface area contributed by atoms with Crippen LogP contribution in [0.2, 0.25) is 0 Å². The summed E-state index contributed by atoms with van der Waals surface area (Å²) in [7, 11) is 0. The van der Waals surface area contributed by atoms with Crippen molar-refractivity contribution in [2.75, 3.05) is 19.6 Å². The van der Waals surface area contributed by atoms with E-state index in [9.17, 15) is 0 Å². The Kier molecular flexibility index (Phi) is 6.25. The molecule has 0 saturated carbocycles. The summed E-state index contributed by atoms with van der Waals surface area (Å²) in [5.41, 5.74) is 0.324. The van der Waals surface area contributed by atoms with Crippen LogP contribution in [0, 0.1) is 5.41 Å². The number of nitrogens with one attached hydrogen (secondary N) is 2. The molecule has 0 radical (unpaired) electrons. The Bertz CT molecular complexity index is 155. The van der Waals surface area contributed by atoms with Crippen LogP contribution in [0.3, 0.4) is 0 Å². The van der Waals surface area contributed by atoms with E-state index in [1.807, 2.05) is 13.8 Å². The topological polar surface area (TPSA) is 24.1 Å². The van der Waals surface area contributed by atoms with Crippen molar-refractivity contribution in [2.45, 2.75) is 34.1 Å². The minimum absolute atomic E-state index is 0.324. The summed E-state index contributed by atoms with van der Waals surface area (Å²) in [5.74, 6) is 0. The highest BCUT2D eigenvalue weighted by molar-refractivity contribution is 7.80. The average molecular weight is 202 g/mol. The van der Waals surface area contributed by atoms with Crippen molar-refractivity contribution in [3.8, 4) is 0 Å². The van der Waals surface area contributed by atoms with Gasteiger partial charge in [-0.05, 0) is 5.41 Å². The van der Waals surface area contributed by atoms with E-state index in [0.717, 1.165) is 31.0 Å². The van der Waals surface area contributed by atoms with Crippen LogP contribution in [0.5, 0.6) is 0 Å². The maximum atomic E-state index is 5.10. The predicted octanol–water partition coefficient (Wildman–Crippen LogP) is 1.95. The summed E-state index contributed by atoms with van der Waals surface area (Å²) in [6.07, 6.45) is 0.978. The van der Waals surface area contributed by atoms with Gasteiger partial charge in [0.15, 0.2) is 0 Å². The molecule has 0 aromatic carbocycles. The minimum Gasteiger partial charge on any atom is -0.379 e. The van der Waals surface area contributed by atoms with E-state index in [4.69, 9.17) is 12.2 Å². The van der Waals surface area contributed by atoms with Gasteiger partial charge in [-0.1, -0.05) is 39.9 Å². The van der Waals surface area contributed by atoms with Crippen molar-refractivity contribution < 1.29 is 0 Å². The molecule has 1 aliphatic rings. The van der Waals surface area contributed by atoms with Gasteiger partial charge in [0.2, 0.25) is 0 Å². The van der Waals surface area contributed by atoms with Gasteiger partial charge in [-0.15, -0.1) is 0 Å². The summed E-state index contributed by atoms with van der Waals surface area (Å²) in [6, 6.07) is 0. The quantitative estimate of drug-likeness (QED) is 0.587. The highest BCUT2D eigenvalue weighted by Gasteiger charge is 2.19. The molecule has 0 amide bonds. The van der Waals surface area contributed by atoms with Crippen LogP contribution in [-0.4, -0.2) is 24.6 Å². The highest BCUT2D eigenvalue weighted by Crippen LogP contribution is 2.12. The molecule has 1 aliphatic heterocycles. The zero-order valence-corrected chi connectivity index (χ0v) is 10.1. The molecule has 1 fully saturated rings. The van der Waals surface area contributed by atoms with E-state index >= 15 is 0 Å². The van der Waals surface area contributed by atoms with Crippen molar-refractivity contribution >= 4 is 17.2 Å². The minimum atomic E-state index is 0.324.